The molecule has 1 aromatic rings. The molecule has 1 aliphatic rings. The minimum Gasteiger partial charge on any atom is -0.494 e. The molecule has 3 heteroatoms. The number of hydrogen-bond donors (Lipinski definition) is 2. The van der Waals surface area contributed by atoms with E-state index in [2.05, 4.69) is 25.2 Å². The Morgan fingerprint density at radius 2 is 2.00 bits per heavy atom. The topological polar surface area (TPSA) is 47.3 Å². The zero-order chi connectivity index (χ0) is 14.5. The normalized spacial score (nSPS) is 22.8. The average Bonchev–Trinajstić information content (AvgIpc) is 2.38. The highest BCUT2D eigenvalue weighted by Crippen LogP contribution is 2.33. The van der Waals surface area contributed by atoms with Crippen molar-refractivity contribution in [3.8, 4) is 5.75 Å². The van der Waals surface area contributed by atoms with E-state index in [4.69, 9.17) is 10.5 Å². The Hall–Kier alpha value is -1.38. The molecular formula is C17H28N2O. The predicted octanol–water partition coefficient (Wildman–Crippen LogP) is 4.29. The van der Waals surface area contributed by atoms with E-state index in [0.717, 1.165) is 29.0 Å². The minimum atomic E-state index is 0.556. The lowest BCUT2D eigenvalue weighted by molar-refractivity contribution is 0.254. The second kappa shape index (κ2) is 6.87. The molecule has 3 nitrogen and oxygen atoms in total. The van der Waals surface area contributed by atoms with Gasteiger partial charge in [-0.25, -0.2) is 0 Å². The molecule has 0 spiro atoms. The molecule has 1 aromatic carbocycles. The second-order valence-electron chi connectivity index (χ2n) is 6.17. The van der Waals surface area contributed by atoms with Crippen LogP contribution in [0.2, 0.25) is 0 Å². The maximum atomic E-state index is 5.97. The van der Waals surface area contributed by atoms with Gasteiger partial charge in [0.2, 0.25) is 0 Å². The second-order valence-corrected chi connectivity index (χ2v) is 6.17. The number of nitrogens with one attached hydrogen (secondary N) is 1. The smallest absolute Gasteiger partial charge is 0.123 e. The summed E-state index contributed by atoms with van der Waals surface area (Å²) < 4.78 is 5.57. The molecule has 2 unspecified atom stereocenters. The van der Waals surface area contributed by atoms with Gasteiger partial charge in [-0.05, 0) is 37.7 Å². The van der Waals surface area contributed by atoms with Crippen LogP contribution >= 0.6 is 0 Å². The third-order valence-electron chi connectivity index (χ3n) is 4.27. The number of nitrogen functional groups attached to an aromatic ring is 1. The summed E-state index contributed by atoms with van der Waals surface area (Å²) in [6, 6.07) is 6.51. The zero-order valence-corrected chi connectivity index (χ0v) is 13.0. The first-order valence-corrected chi connectivity index (χ1v) is 7.90. The summed E-state index contributed by atoms with van der Waals surface area (Å²) in [6.45, 7) is 7.32. The Balaban J connectivity index is 2.11. The van der Waals surface area contributed by atoms with Crippen molar-refractivity contribution in [2.75, 3.05) is 17.7 Å². The summed E-state index contributed by atoms with van der Waals surface area (Å²) in [5.74, 6) is 2.33. The number of nitrogens with two attached hydrogens (primary N) is 1. The fourth-order valence-corrected chi connectivity index (χ4v) is 3.31. The van der Waals surface area contributed by atoms with Crippen molar-refractivity contribution >= 4 is 11.4 Å². The van der Waals surface area contributed by atoms with Crippen molar-refractivity contribution in [2.45, 2.75) is 52.5 Å². The molecule has 112 valence electrons. The van der Waals surface area contributed by atoms with Crippen LogP contribution in [0, 0.1) is 11.8 Å². The molecule has 3 N–H and O–H groups in total. The van der Waals surface area contributed by atoms with Crippen LogP contribution in [0.5, 0.6) is 5.75 Å². The van der Waals surface area contributed by atoms with Crippen LogP contribution in [-0.2, 0) is 0 Å². The van der Waals surface area contributed by atoms with E-state index in [0.29, 0.717) is 12.6 Å². The van der Waals surface area contributed by atoms with Crippen LogP contribution in [0.4, 0.5) is 11.4 Å². The van der Waals surface area contributed by atoms with Crippen LogP contribution in [0.25, 0.3) is 0 Å². The fourth-order valence-electron chi connectivity index (χ4n) is 3.31. The molecule has 1 fully saturated rings. The predicted molar refractivity (Wildman–Crippen MR) is 86.2 cm³/mol. The average molecular weight is 276 g/mol. The molecule has 0 aliphatic heterocycles. The first-order chi connectivity index (χ1) is 9.60. The summed E-state index contributed by atoms with van der Waals surface area (Å²) in [6.07, 6.45) is 5.27. The molecule has 1 saturated carbocycles. The Morgan fingerprint density at radius 1 is 1.25 bits per heavy atom. The van der Waals surface area contributed by atoms with E-state index >= 15 is 0 Å². The number of anilines is 2. The van der Waals surface area contributed by atoms with Crippen molar-refractivity contribution in [2.24, 2.45) is 11.8 Å². The number of ether oxygens (including phenoxy) is 1. The first kappa shape index (κ1) is 15.0. The van der Waals surface area contributed by atoms with Gasteiger partial charge in [-0.3, -0.25) is 0 Å². The highest BCUT2D eigenvalue weighted by atomic mass is 16.5. The van der Waals surface area contributed by atoms with E-state index < -0.39 is 0 Å². The van der Waals surface area contributed by atoms with Gasteiger partial charge in [0, 0.05) is 29.5 Å². The molecule has 2 atom stereocenters. The lowest BCUT2D eigenvalue weighted by atomic mass is 9.78. The quantitative estimate of drug-likeness (QED) is 0.788. The fraction of sp³-hybridized carbons (Fsp3) is 0.647. The van der Waals surface area contributed by atoms with Gasteiger partial charge >= 0.3 is 0 Å². The molecule has 0 amide bonds. The SMILES string of the molecule is CCOc1cc(N)cc(NC2CCCCC2C(C)C)c1. The molecular weight excluding hydrogens is 248 g/mol. The maximum Gasteiger partial charge on any atom is 0.123 e. The van der Waals surface area contributed by atoms with E-state index in [9.17, 15) is 0 Å². The van der Waals surface area contributed by atoms with Crippen molar-refractivity contribution in [1.29, 1.82) is 0 Å². The lowest BCUT2D eigenvalue weighted by Crippen LogP contribution is -2.35. The van der Waals surface area contributed by atoms with Crippen LogP contribution < -0.4 is 15.8 Å². The van der Waals surface area contributed by atoms with E-state index in [-0.39, 0.29) is 0 Å². The number of hydrogen-bond acceptors (Lipinski definition) is 3. The van der Waals surface area contributed by atoms with Gasteiger partial charge in [0.05, 0.1) is 6.61 Å². The largest absolute Gasteiger partial charge is 0.494 e. The maximum absolute atomic E-state index is 5.97. The molecule has 20 heavy (non-hydrogen) atoms. The highest BCUT2D eigenvalue weighted by molar-refractivity contribution is 5.59. The molecule has 1 aliphatic carbocycles. The highest BCUT2D eigenvalue weighted by Gasteiger charge is 2.27. The molecule has 0 bridgehead atoms. The van der Waals surface area contributed by atoms with Crippen molar-refractivity contribution in [3.63, 3.8) is 0 Å². The summed E-state index contributed by atoms with van der Waals surface area (Å²) in [7, 11) is 0. The monoisotopic (exact) mass is 276 g/mol. The van der Waals surface area contributed by atoms with Gasteiger partial charge in [0.15, 0.2) is 0 Å². The summed E-state index contributed by atoms with van der Waals surface area (Å²) >= 11 is 0. The van der Waals surface area contributed by atoms with Crippen LogP contribution in [0.1, 0.15) is 46.5 Å². The lowest BCUT2D eigenvalue weighted by Gasteiger charge is -2.35. The van der Waals surface area contributed by atoms with Gasteiger partial charge in [-0.2, -0.15) is 0 Å². The van der Waals surface area contributed by atoms with Crippen molar-refractivity contribution in [1.82, 2.24) is 0 Å². The molecule has 0 aromatic heterocycles. The van der Waals surface area contributed by atoms with Gasteiger partial charge in [-0.1, -0.05) is 26.7 Å². The van der Waals surface area contributed by atoms with Gasteiger partial charge in [0.25, 0.3) is 0 Å². The van der Waals surface area contributed by atoms with Crippen LogP contribution in [-0.4, -0.2) is 12.6 Å². The Morgan fingerprint density at radius 3 is 2.70 bits per heavy atom. The van der Waals surface area contributed by atoms with Crippen LogP contribution in [0.3, 0.4) is 0 Å². The van der Waals surface area contributed by atoms with E-state index in [1.807, 2.05) is 19.1 Å². The third-order valence-corrected chi connectivity index (χ3v) is 4.27. The van der Waals surface area contributed by atoms with E-state index in [1.165, 1.54) is 25.7 Å². The molecule has 0 saturated heterocycles. The molecule has 0 radical (unpaired) electrons. The third kappa shape index (κ3) is 3.81. The molecule has 2 rings (SSSR count). The number of rotatable bonds is 5. The van der Waals surface area contributed by atoms with Gasteiger partial charge in [0.1, 0.15) is 5.75 Å². The Labute approximate surface area is 122 Å². The minimum absolute atomic E-state index is 0.556. The summed E-state index contributed by atoms with van der Waals surface area (Å²) in [4.78, 5) is 0. The Kier molecular flexibility index (Phi) is 5.16. The van der Waals surface area contributed by atoms with Gasteiger partial charge < -0.3 is 15.8 Å². The number of benzene rings is 1. The van der Waals surface area contributed by atoms with Crippen molar-refractivity contribution in [3.05, 3.63) is 18.2 Å². The van der Waals surface area contributed by atoms with Crippen LogP contribution in [0.15, 0.2) is 18.2 Å². The van der Waals surface area contributed by atoms with E-state index in [1.54, 1.807) is 0 Å². The Bertz CT molecular complexity index is 431. The van der Waals surface area contributed by atoms with Crippen molar-refractivity contribution < 1.29 is 4.74 Å². The zero-order valence-electron chi connectivity index (χ0n) is 13.0. The van der Waals surface area contributed by atoms with Gasteiger partial charge in [-0.15, -0.1) is 0 Å². The summed E-state index contributed by atoms with van der Waals surface area (Å²) in [5, 5.41) is 3.69. The first-order valence-electron chi connectivity index (χ1n) is 7.90. The standard InChI is InChI=1S/C17H28N2O/c1-4-20-15-10-13(18)9-14(11-15)19-17-8-6-5-7-16(17)12(2)3/h9-12,16-17,19H,4-8,18H2,1-3H3. The molecule has 0 heterocycles. The summed E-state index contributed by atoms with van der Waals surface area (Å²) in [5.41, 5.74) is 7.82.